The van der Waals surface area contributed by atoms with Crippen LogP contribution in [0.25, 0.3) is 0 Å². The van der Waals surface area contributed by atoms with Crippen molar-refractivity contribution in [3.05, 3.63) is 31.7 Å². The van der Waals surface area contributed by atoms with Gasteiger partial charge in [0.1, 0.15) is 5.01 Å². The zero-order chi connectivity index (χ0) is 15.2. The molecule has 0 amide bonds. The van der Waals surface area contributed by atoms with Gasteiger partial charge in [0.2, 0.25) is 0 Å². The standard InChI is InChI=1S/C14H21N5S2.HI/c1-9-7-17-12(20-9)5-6-16-14(15-4)18-8-13-19-10(2)11(3)21-13;/h7H,5-6,8H2,1-4H3,(H2,15,16,18);1H. The van der Waals surface area contributed by atoms with E-state index in [0.717, 1.165) is 34.6 Å². The van der Waals surface area contributed by atoms with Gasteiger partial charge in [0.15, 0.2) is 5.96 Å². The molecule has 2 rings (SSSR count). The molecule has 2 aromatic rings. The summed E-state index contributed by atoms with van der Waals surface area (Å²) in [5, 5.41) is 8.83. The third kappa shape index (κ3) is 5.81. The summed E-state index contributed by atoms with van der Waals surface area (Å²) in [5.41, 5.74) is 1.11. The van der Waals surface area contributed by atoms with Crippen LogP contribution in [0.4, 0.5) is 0 Å². The summed E-state index contributed by atoms with van der Waals surface area (Å²) in [6, 6.07) is 0. The van der Waals surface area contributed by atoms with E-state index in [-0.39, 0.29) is 24.0 Å². The van der Waals surface area contributed by atoms with Crippen molar-refractivity contribution in [2.24, 2.45) is 4.99 Å². The number of aryl methyl sites for hydroxylation is 3. The molecule has 0 spiro atoms. The molecule has 0 saturated carbocycles. The molecule has 8 heteroatoms. The number of nitrogens with one attached hydrogen (secondary N) is 2. The fraction of sp³-hybridized carbons (Fsp3) is 0.500. The van der Waals surface area contributed by atoms with Crippen LogP contribution in [0.1, 0.15) is 25.5 Å². The maximum atomic E-state index is 4.51. The average Bonchev–Trinajstić information content (AvgIpc) is 3.00. The predicted molar refractivity (Wildman–Crippen MR) is 106 cm³/mol. The highest BCUT2D eigenvalue weighted by Gasteiger charge is 2.05. The first-order chi connectivity index (χ1) is 10.1. The molecule has 22 heavy (non-hydrogen) atoms. The Hall–Kier alpha value is -0.740. The van der Waals surface area contributed by atoms with Crippen molar-refractivity contribution in [1.82, 2.24) is 20.6 Å². The van der Waals surface area contributed by atoms with Crippen molar-refractivity contribution < 1.29 is 0 Å². The van der Waals surface area contributed by atoms with Gasteiger partial charge in [-0.15, -0.1) is 46.7 Å². The third-order valence-electron chi connectivity index (χ3n) is 3.00. The number of rotatable bonds is 5. The summed E-state index contributed by atoms with van der Waals surface area (Å²) < 4.78 is 0. The molecule has 0 atom stereocenters. The molecule has 0 aliphatic carbocycles. The smallest absolute Gasteiger partial charge is 0.191 e. The fourth-order valence-corrected chi connectivity index (χ4v) is 3.46. The van der Waals surface area contributed by atoms with Crippen LogP contribution in [0.2, 0.25) is 0 Å². The van der Waals surface area contributed by atoms with Crippen LogP contribution in [0, 0.1) is 20.8 Å². The lowest BCUT2D eigenvalue weighted by Gasteiger charge is -2.09. The number of hydrogen-bond acceptors (Lipinski definition) is 5. The lowest BCUT2D eigenvalue weighted by atomic mass is 10.4. The minimum Gasteiger partial charge on any atom is -0.356 e. The topological polar surface area (TPSA) is 62.2 Å². The zero-order valence-electron chi connectivity index (χ0n) is 13.3. The van der Waals surface area contributed by atoms with E-state index >= 15 is 0 Å². The van der Waals surface area contributed by atoms with E-state index in [1.807, 2.05) is 13.1 Å². The van der Waals surface area contributed by atoms with Gasteiger partial charge in [-0.25, -0.2) is 9.97 Å². The Morgan fingerprint density at radius 2 is 1.95 bits per heavy atom. The number of hydrogen-bond donors (Lipinski definition) is 2. The highest BCUT2D eigenvalue weighted by molar-refractivity contribution is 14.0. The monoisotopic (exact) mass is 451 g/mol. The van der Waals surface area contributed by atoms with E-state index < -0.39 is 0 Å². The Morgan fingerprint density at radius 1 is 1.18 bits per heavy atom. The first-order valence-corrected chi connectivity index (χ1v) is 8.50. The third-order valence-corrected chi connectivity index (χ3v) is 5.05. The number of guanidine groups is 1. The van der Waals surface area contributed by atoms with Gasteiger partial charge in [-0.1, -0.05) is 0 Å². The normalized spacial score (nSPS) is 11.2. The maximum absolute atomic E-state index is 4.51. The van der Waals surface area contributed by atoms with Crippen LogP contribution >= 0.6 is 46.7 Å². The molecule has 0 aliphatic rings. The molecule has 2 heterocycles. The number of thiazole rings is 2. The molecular weight excluding hydrogens is 429 g/mol. The molecule has 0 bridgehead atoms. The number of aromatic nitrogens is 2. The molecule has 0 fully saturated rings. The lowest BCUT2D eigenvalue weighted by molar-refractivity contribution is 0.788. The molecule has 2 N–H and O–H groups in total. The minimum absolute atomic E-state index is 0. The van der Waals surface area contributed by atoms with Gasteiger partial charge >= 0.3 is 0 Å². The van der Waals surface area contributed by atoms with Crippen LogP contribution in [-0.4, -0.2) is 29.5 Å². The zero-order valence-corrected chi connectivity index (χ0v) is 17.2. The van der Waals surface area contributed by atoms with Crippen molar-refractivity contribution in [2.45, 2.75) is 33.7 Å². The van der Waals surface area contributed by atoms with Crippen LogP contribution in [-0.2, 0) is 13.0 Å². The molecular formula is C14H22IN5S2. The SMILES string of the molecule is CN=C(NCCc1ncc(C)s1)NCc1nc(C)c(C)s1.I. The van der Waals surface area contributed by atoms with E-state index in [1.165, 1.54) is 9.75 Å². The molecule has 0 radical (unpaired) electrons. The largest absolute Gasteiger partial charge is 0.356 e. The Morgan fingerprint density at radius 3 is 2.50 bits per heavy atom. The van der Waals surface area contributed by atoms with Gasteiger partial charge < -0.3 is 10.6 Å². The van der Waals surface area contributed by atoms with Crippen molar-refractivity contribution in [1.29, 1.82) is 0 Å². The summed E-state index contributed by atoms with van der Waals surface area (Å²) >= 11 is 3.47. The van der Waals surface area contributed by atoms with Crippen LogP contribution in [0.15, 0.2) is 11.2 Å². The van der Waals surface area contributed by atoms with E-state index in [4.69, 9.17) is 0 Å². The van der Waals surface area contributed by atoms with E-state index in [0.29, 0.717) is 6.54 Å². The molecule has 5 nitrogen and oxygen atoms in total. The number of aliphatic imine (C=N–C) groups is 1. The van der Waals surface area contributed by atoms with Crippen LogP contribution < -0.4 is 10.6 Å². The molecule has 0 saturated heterocycles. The van der Waals surface area contributed by atoms with Crippen molar-refractivity contribution >= 4 is 52.6 Å². The summed E-state index contributed by atoms with van der Waals surface area (Å²) in [7, 11) is 1.78. The van der Waals surface area contributed by atoms with E-state index in [2.05, 4.69) is 39.4 Å². The van der Waals surface area contributed by atoms with Crippen molar-refractivity contribution in [3.63, 3.8) is 0 Å². The first-order valence-electron chi connectivity index (χ1n) is 6.87. The minimum atomic E-state index is 0. The van der Waals surface area contributed by atoms with Crippen molar-refractivity contribution in [2.75, 3.05) is 13.6 Å². The van der Waals surface area contributed by atoms with Gasteiger partial charge in [0.25, 0.3) is 0 Å². The Labute approximate surface area is 156 Å². The first kappa shape index (κ1) is 19.3. The Balaban J connectivity index is 0.00000242. The summed E-state index contributed by atoms with van der Waals surface area (Å²) in [5.74, 6) is 0.800. The van der Waals surface area contributed by atoms with Crippen LogP contribution in [0.5, 0.6) is 0 Å². The Bertz CT molecular complexity index is 601. The Kier molecular flexibility index (Phi) is 8.26. The quantitative estimate of drug-likeness (QED) is 0.417. The van der Waals surface area contributed by atoms with Crippen molar-refractivity contribution in [3.8, 4) is 0 Å². The highest BCUT2D eigenvalue weighted by atomic mass is 127. The fourth-order valence-electron chi connectivity index (χ4n) is 1.80. The second-order valence-electron chi connectivity index (χ2n) is 4.72. The van der Waals surface area contributed by atoms with Gasteiger partial charge in [0, 0.05) is 36.0 Å². The maximum Gasteiger partial charge on any atom is 0.191 e. The van der Waals surface area contributed by atoms with E-state index in [9.17, 15) is 0 Å². The summed E-state index contributed by atoms with van der Waals surface area (Å²) in [6.07, 6.45) is 2.83. The summed E-state index contributed by atoms with van der Waals surface area (Å²) in [4.78, 5) is 15.6. The van der Waals surface area contributed by atoms with E-state index in [1.54, 1.807) is 29.7 Å². The lowest BCUT2D eigenvalue weighted by Crippen LogP contribution is -2.37. The molecule has 0 aliphatic heterocycles. The molecule has 2 aromatic heterocycles. The van der Waals surface area contributed by atoms with Gasteiger partial charge in [-0.2, -0.15) is 0 Å². The predicted octanol–water partition coefficient (Wildman–Crippen LogP) is 3.05. The number of halogens is 1. The number of nitrogens with zero attached hydrogens (tertiary/aromatic N) is 3. The van der Waals surface area contributed by atoms with Gasteiger partial charge in [-0.05, 0) is 20.8 Å². The van der Waals surface area contributed by atoms with Gasteiger partial charge in [0.05, 0.1) is 17.2 Å². The molecule has 0 aromatic carbocycles. The summed E-state index contributed by atoms with van der Waals surface area (Å²) in [6.45, 7) is 7.74. The van der Waals surface area contributed by atoms with Gasteiger partial charge in [-0.3, -0.25) is 4.99 Å². The average molecular weight is 451 g/mol. The second-order valence-corrected chi connectivity index (χ2v) is 7.32. The molecule has 122 valence electrons. The molecule has 0 unspecified atom stereocenters. The van der Waals surface area contributed by atoms with Crippen LogP contribution in [0.3, 0.4) is 0 Å². The highest BCUT2D eigenvalue weighted by Crippen LogP contribution is 2.15. The second kappa shape index (κ2) is 9.41.